The third-order valence-electron chi connectivity index (χ3n) is 5.40. The standard InChI is InChI=1S/C14H18ClN5O3/c15-11-16-12(19-1-3-21-4-2-19)18-13(17-11)20-9-5-22-7-14(9)8-23-6-10(14)20/h9-10H,1-8H2. The summed E-state index contributed by atoms with van der Waals surface area (Å²) < 4.78 is 16.8. The van der Waals surface area contributed by atoms with Gasteiger partial charge in [-0.15, -0.1) is 0 Å². The van der Waals surface area contributed by atoms with Gasteiger partial charge in [0.05, 0.1) is 57.1 Å². The average molecular weight is 340 g/mol. The van der Waals surface area contributed by atoms with Crippen LogP contribution >= 0.6 is 11.6 Å². The fourth-order valence-electron chi connectivity index (χ4n) is 4.18. The predicted molar refractivity (Wildman–Crippen MR) is 82.0 cm³/mol. The van der Waals surface area contributed by atoms with Gasteiger partial charge in [-0.2, -0.15) is 15.0 Å². The van der Waals surface area contributed by atoms with Crippen molar-refractivity contribution < 1.29 is 14.2 Å². The molecule has 4 fully saturated rings. The van der Waals surface area contributed by atoms with Crippen molar-refractivity contribution >= 4 is 23.5 Å². The lowest BCUT2D eigenvalue weighted by molar-refractivity contribution is 0.0968. The first-order valence-electron chi connectivity index (χ1n) is 7.96. The number of anilines is 2. The molecule has 124 valence electrons. The molecule has 9 heteroatoms. The minimum atomic E-state index is 0.109. The van der Waals surface area contributed by atoms with Crippen LogP contribution in [-0.2, 0) is 14.2 Å². The second-order valence-electron chi connectivity index (χ2n) is 6.51. The van der Waals surface area contributed by atoms with Gasteiger partial charge in [0.1, 0.15) is 0 Å². The van der Waals surface area contributed by atoms with Crippen LogP contribution in [0.1, 0.15) is 0 Å². The number of rotatable bonds is 2. The molecule has 5 heterocycles. The number of nitrogens with zero attached hydrogens (tertiary/aromatic N) is 5. The highest BCUT2D eigenvalue weighted by atomic mass is 35.5. The molecule has 4 aliphatic heterocycles. The van der Waals surface area contributed by atoms with Crippen molar-refractivity contribution in [3.63, 3.8) is 0 Å². The lowest BCUT2D eigenvalue weighted by Gasteiger charge is -2.55. The normalized spacial score (nSPS) is 35.9. The first-order chi connectivity index (χ1) is 11.3. The lowest BCUT2D eigenvalue weighted by atomic mass is 9.69. The van der Waals surface area contributed by atoms with E-state index < -0.39 is 0 Å². The summed E-state index contributed by atoms with van der Waals surface area (Å²) in [5.74, 6) is 1.26. The van der Waals surface area contributed by atoms with Crippen LogP contribution in [0.15, 0.2) is 0 Å². The van der Waals surface area contributed by atoms with Gasteiger partial charge in [-0.25, -0.2) is 0 Å². The van der Waals surface area contributed by atoms with Crippen LogP contribution < -0.4 is 9.80 Å². The van der Waals surface area contributed by atoms with Crippen molar-refractivity contribution in [3.8, 4) is 0 Å². The molecule has 4 aliphatic rings. The molecule has 5 rings (SSSR count). The number of hydrogen-bond donors (Lipinski definition) is 0. The summed E-state index contributed by atoms with van der Waals surface area (Å²) in [6.45, 7) is 5.79. The number of aromatic nitrogens is 3. The molecule has 4 saturated heterocycles. The van der Waals surface area contributed by atoms with Gasteiger partial charge < -0.3 is 24.0 Å². The Bertz CT molecular complexity index is 606. The van der Waals surface area contributed by atoms with Gasteiger partial charge in [0, 0.05) is 13.1 Å². The van der Waals surface area contributed by atoms with Crippen LogP contribution in [0.25, 0.3) is 0 Å². The van der Waals surface area contributed by atoms with E-state index in [1.54, 1.807) is 0 Å². The van der Waals surface area contributed by atoms with E-state index in [1.807, 2.05) is 0 Å². The first-order valence-corrected chi connectivity index (χ1v) is 8.34. The van der Waals surface area contributed by atoms with E-state index in [2.05, 4.69) is 24.8 Å². The summed E-state index contributed by atoms with van der Waals surface area (Å²) in [7, 11) is 0. The Balaban J connectivity index is 1.48. The molecule has 0 aromatic carbocycles. The van der Waals surface area contributed by atoms with Crippen LogP contribution in [-0.4, -0.2) is 79.8 Å². The summed E-state index contributed by atoms with van der Waals surface area (Å²) in [6, 6.07) is 0.539. The molecule has 0 aliphatic carbocycles. The van der Waals surface area contributed by atoms with Crippen molar-refractivity contribution in [3.05, 3.63) is 5.28 Å². The van der Waals surface area contributed by atoms with Gasteiger partial charge >= 0.3 is 0 Å². The molecule has 1 spiro atoms. The summed E-state index contributed by atoms with van der Waals surface area (Å²) in [4.78, 5) is 17.6. The summed E-state index contributed by atoms with van der Waals surface area (Å²) in [6.07, 6.45) is 0. The maximum absolute atomic E-state index is 6.17. The number of hydrogen-bond acceptors (Lipinski definition) is 8. The van der Waals surface area contributed by atoms with Crippen molar-refractivity contribution in [2.24, 2.45) is 5.41 Å². The van der Waals surface area contributed by atoms with Gasteiger partial charge in [0.15, 0.2) is 0 Å². The molecule has 2 unspecified atom stereocenters. The fourth-order valence-corrected chi connectivity index (χ4v) is 4.33. The molecule has 1 aromatic heterocycles. The van der Waals surface area contributed by atoms with Crippen LogP contribution in [0.4, 0.5) is 11.9 Å². The number of halogens is 1. The molecule has 8 nitrogen and oxygen atoms in total. The summed E-state index contributed by atoms with van der Waals surface area (Å²) >= 11 is 6.17. The van der Waals surface area contributed by atoms with Crippen molar-refractivity contribution in [2.75, 3.05) is 62.5 Å². The van der Waals surface area contributed by atoms with E-state index >= 15 is 0 Å². The molecule has 0 saturated carbocycles. The average Bonchev–Trinajstić information content (AvgIpc) is 3.10. The molecular weight excluding hydrogens is 322 g/mol. The Hall–Kier alpha value is -1.22. The molecule has 0 amide bonds. The van der Waals surface area contributed by atoms with E-state index in [0.717, 1.165) is 26.3 Å². The molecular formula is C14H18ClN5O3. The quantitative estimate of drug-likeness (QED) is 0.743. The highest BCUT2D eigenvalue weighted by molar-refractivity contribution is 6.28. The molecule has 0 radical (unpaired) electrons. The van der Waals surface area contributed by atoms with Crippen LogP contribution in [0, 0.1) is 5.41 Å². The van der Waals surface area contributed by atoms with Gasteiger partial charge in [0.2, 0.25) is 17.2 Å². The van der Waals surface area contributed by atoms with E-state index in [9.17, 15) is 0 Å². The maximum Gasteiger partial charge on any atom is 0.232 e. The minimum absolute atomic E-state index is 0.109. The van der Waals surface area contributed by atoms with Gasteiger partial charge in [0.25, 0.3) is 0 Å². The van der Waals surface area contributed by atoms with E-state index in [1.165, 1.54) is 0 Å². The molecule has 0 N–H and O–H groups in total. The smallest absolute Gasteiger partial charge is 0.232 e. The number of ether oxygens (including phenoxy) is 3. The van der Waals surface area contributed by atoms with Crippen LogP contribution in [0.3, 0.4) is 0 Å². The van der Waals surface area contributed by atoms with Crippen LogP contribution in [0.2, 0.25) is 5.28 Å². The SMILES string of the molecule is Clc1nc(N2CCOCC2)nc(N2C3COCC34COCC24)n1. The number of morpholine rings is 1. The third kappa shape index (κ3) is 1.98. The maximum atomic E-state index is 6.17. The zero-order valence-corrected chi connectivity index (χ0v) is 13.4. The molecule has 1 aromatic rings. The first kappa shape index (κ1) is 14.2. The van der Waals surface area contributed by atoms with Crippen molar-refractivity contribution in [1.29, 1.82) is 0 Å². The van der Waals surface area contributed by atoms with Crippen molar-refractivity contribution in [1.82, 2.24) is 15.0 Å². The predicted octanol–water partition coefficient (Wildman–Crippen LogP) is -0.0344. The topological polar surface area (TPSA) is 72.8 Å². The second-order valence-corrected chi connectivity index (χ2v) is 6.84. The van der Waals surface area contributed by atoms with E-state index in [-0.39, 0.29) is 22.8 Å². The van der Waals surface area contributed by atoms with E-state index in [4.69, 9.17) is 25.8 Å². The minimum Gasteiger partial charge on any atom is -0.378 e. The highest BCUT2D eigenvalue weighted by Crippen LogP contribution is 2.53. The summed E-state index contributed by atoms with van der Waals surface area (Å²) in [5.41, 5.74) is 0.109. The zero-order chi connectivity index (χ0) is 15.4. The van der Waals surface area contributed by atoms with E-state index in [0.29, 0.717) is 38.3 Å². The Morgan fingerprint density at radius 3 is 2.26 bits per heavy atom. The third-order valence-corrected chi connectivity index (χ3v) is 5.57. The Morgan fingerprint density at radius 2 is 1.57 bits per heavy atom. The Labute approximate surface area is 138 Å². The van der Waals surface area contributed by atoms with Gasteiger partial charge in [-0.05, 0) is 11.6 Å². The second kappa shape index (κ2) is 5.14. The molecule has 2 atom stereocenters. The summed E-state index contributed by atoms with van der Waals surface area (Å²) in [5, 5.41) is 0.229. The zero-order valence-electron chi connectivity index (χ0n) is 12.7. The lowest BCUT2D eigenvalue weighted by Crippen LogP contribution is -2.71. The van der Waals surface area contributed by atoms with Gasteiger partial charge in [-0.1, -0.05) is 0 Å². The Morgan fingerprint density at radius 1 is 0.913 bits per heavy atom. The van der Waals surface area contributed by atoms with Crippen molar-refractivity contribution in [2.45, 2.75) is 12.1 Å². The van der Waals surface area contributed by atoms with Crippen LogP contribution in [0.5, 0.6) is 0 Å². The Kier molecular flexibility index (Phi) is 3.16. The highest BCUT2D eigenvalue weighted by Gasteiger charge is 2.67. The monoisotopic (exact) mass is 339 g/mol. The molecule has 0 bridgehead atoms. The fraction of sp³-hybridized carbons (Fsp3) is 0.786. The molecule has 23 heavy (non-hydrogen) atoms. The largest absolute Gasteiger partial charge is 0.378 e. The van der Waals surface area contributed by atoms with Gasteiger partial charge in [-0.3, -0.25) is 0 Å².